The van der Waals surface area contributed by atoms with Gasteiger partial charge in [0.05, 0.1) is 0 Å². The summed E-state index contributed by atoms with van der Waals surface area (Å²) in [6, 6.07) is 0.531. The molecule has 0 aromatic heterocycles. The van der Waals surface area contributed by atoms with Crippen LogP contribution in [0.3, 0.4) is 0 Å². The van der Waals surface area contributed by atoms with Gasteiger partial charge in [0.2, 0.25) is 0 Å². The topological polar surface area (TPSA) is 47.6 Å². The van der Waals surface area contributed by atoms with Crippen LogP contribution in [0.25, 0.3) is 0 Å². The van der Waals surface area contributed by atoms with Gasteiger partial charge >= 0.3 is 0 Å². The normalized spacial score (nSPS) is 37.5. The Morgan fingerprint density at radius 2 is 1.81 bits per heavy atom. The first-order valence-electron chi connectivity index (χ1n) is 13.3. The molecule has 0 aromatic carbocycles. The Labute approximate surface area is 202 Å². The molecule has 0 spiro atoms. The van der Waals surface area contributed by atoms with Gasteiger partial charge in [-0.2, -0.15) is 0 Å². The maximum Gasteiger partial charge on any atom is 0.252 e. The van der Waals surface area contributed by atoms with Gasteiger partial charge in [-0.3, -0.25) is 10.2 Å². The van der Waals surface area contributed by atoms with E-state index in [9.17, 15) is 4.79 Å². The fourth-order valence-electron chi connectivity index (χ4n) is 6.51. The molecule has 32 heavy (non-hydrogen) atoms. The van der Waals surface area contributed by atoms with Gasteiger partial charge in [-0.05, 0) is 62.2 Å². The molecule has 1 amide bonds. The molecule has 1 aliphatic heterocycles. The summed E-state index contributed by atoms with van der Waals surface area (Å²) in [5, 5.41) is 4.79. The molecule has 3 fully saturated rings. The van der Waals surface area contributed by atoms with E-state index in [4.69, 9.17) is 11.6 Å². The van der Waals surface area contributed by atoms with Crippen molar-refractivity contribution in [2.45, 2.75) is 128 Å². The molecule has 2 N–H and O–H groups in total. The summed E-state index contributed by atoms with van der Waals surface area (Å²) in [5.41, 5.74) is 6.62. The SMILES string of the molecule is CCC1CCCC(CN2C(C(=O)NNC3CCCC(Cl)(CC)C3)CC(C(C)(C)C)N2C)C1. The van der Waals surface area contributed by atoms with E-state index in [-0.39, 0.29) is 28.3 Å². The van der Waals surface area contributed by atoms with E-state index in [0.717, 1.165) is 51.0 Å². The molecule has 0 bridgehead atoms. The zero-order valence-corrected chi connectivity index (χ0v) is 22.3. The first kappa shape index (κ1) is 26.2. The Morgan fingerprint density at radius 3 is 2.47 bits per heavy atom. The maximum atomic E-state index is 13.4. The lowest BCUT2D eigenvalue weighted by atomic mass is 9.80. The fourth-order valence-corrected chi connectivity index (χ4v) is 6.83. The molecular formula is C26H49ClN4O. The largest absolute Gasteiger partial charge is 0.290 e. The molecule has 5 nitrogen and oxygen atoms in total. The zero-order chi connectivity index (χ0) is 23.5. The van der Waals surface area contributed by atoms with Crippen LogP contribution < -0.4 is 10.9 Å². The first-order valence-corrected chi connectivity index (χ1v) is 13.7. The molecule has 6 heteroatoms. The van der Waals surface area contributed by atoms with Gasteiger partial charge in [0.1, 0.15) is 6.04 Å². The number of rotatable bonds is 7. The van der Waals surface area contributed by atoms with Crippen molar-refractivity contribution in [3.63, 3.8) is 0 Å². The van der Waals surface area contributed by atoms with Crippen LogP contribution in [-0.4, -0.2) is 52.5 Å². The summed E-state index contributed by atoms with van der Waals surface area (Å²) in [4.78, 5) is 13.3. The quantitative estimate of drug-likeness (QED) is 0.383. The lowest BCUT2D eigenvalue weighted by Crippen LogP contribution is -2.55. The van der Waals surface area contributed by atoms with Crippen molar-refractivity contribution >= 4 is 17.5 Å². The van der Waals surface area contributed by atoms with Crippen molar-refractivity contribution in [2.75, 3.05) is 13.6 Å². The third-order valence-corrected chi connectivity index (χ3v) is 9.31. The van der Waals surface area contributed by atoms with Crippen LogP contribution in [0.4, 0.5) is 0 Å². The van der Waals surface area contributed by atoms with Gasteiger partial charge in [-0.15, -0.1) is 11.6 Å². The van der Waals surface area contributed by atoms with Gasteiger partial charge in [-0.1, -0.05) is 60.3 Å². The number of nitrogens with one attached hydrogen (secondary N) is 2. The molecule has 186 valence electrons. The molecule has 0 aromatic rings. The Kier molecular flexibility index (Phi) is 8.96. The van der Waals surface area contributed by atoms with E-state index >= 15 is 0 Å². The smallest absolute Gasteiger partial charge is 0.252 e. The molecule has 1 saturated heterocycles. The molecular weight excluding hydrogens is 420 g/mol. The second-order valence-corrected chi connectivity index (χ2v) is 12.9. The van der Waals surface area contributed by atoms with E-state index in [2.05, 4.69) is 62.5 Å². The van der Waals surface area contributed by atoms with Gasteiger partial charge in [-0.25, -0.2) is 15.4 Å². The lowest BCUT2D eigenvalue weighted by Gasteiger charge is -2.39. The van der Waals surface area contributed by atoms with Crippen molar-refractivity contribution in [1.82, 2.24) is 20.9 Å². The van der Waals surface area contributed by atoms with Crippen LogP contribution in [0.1, 0.15) is 105 Å². The number of nitrogens with zero attached hydrogens (tertiary/aromatic N) is 2. The van der Waals surface area contributed by atoms with Gasteiger partial charge in [0.15, 0.2) is 0 Å². The maximum absolute atomic E-state index is 13.4. The molecule has 3 aliphatic rings. The fraction of sp³-hybridized carbons (Fsp3) is 0.962. The Morgan fingerprint density at radius 1 is 1.09 bits per heavy atom. The summed E-state index contributed by atoms with van der Waals surface area (Å²) < 4.78 is 0. The molecule has 2 aliphatic carbocycles. The van der Waals surface area contributed by atoms with Crippen molar-refractivity contribution in [3.8, 4) is 0 Å². The van der Waals surface area contributed by atoms with Crippen LogP contribution in [-0.2, 0) is 4.79 Å². The zero-order valence-electron chi connectivity index (χ0n) is 21.6. The number of hydrogen-bond donors (Lipinski definition) is 2. The monoisotopic (exact) mass is 468 g/mol. The van der Waals surface area contributed by atoms with Crippen LogP contribution >= 0.6 is 11.6 Å². The van der Waals surface area contributed by atoms with Crippen LogP contribution in [0, 0.1) is 17.3 Å². The second-order valence-electron chi connectivity index (χ2n) is 12.1. The van der Waals surface area contributed by atoms with Crippen LogP contribution in [0.2, 0.25) is 0 Å². The van der Waals surface area contributed by atoms with E-state index in [1.54, 1.807) is 0 Å². The number of hydrazine groups is 2. The number of hydrogen-bond acceptors (Lipinski definition) is 4. The third kappa shape index (κ3) is 6.40. The van der Waals surface area contributed by atoms with E-state index in [0.29, 0.717) is 12.0 Å². The Hall–Kier alpha value is -0.360. The molecule has 2 saturated carbocycles. The van der Waals surface area contributed by atoms with Crippen LogP contribution in [0.5, 0.6) is 0 Å². The molecule has 1 heterocycles. The molecule has 3 rings (SSSR count). The third-order valence-electron chi connectivity index (χ3n) is 8.70. The standard InChI is InChI=1S/C26H49ClN4O/c1-7-19-11-9-12-20(15-19)18-31-22(16-23(30(31)6)25(3,4)5)24(32)29-28-21-13-10-14-26(27,8-2)17-21/h19-23,28H,7-18H2,1-6H3,(H,29,32). The van der Waals surface area contributed by atoms with Crippen LogP contribution in [0.15, 0.2) is 0 Å². The molecule has 6 unspecified atom stereocenters. The Bertz CT molecular complexity index is 623. The average molecular weight is 469 g/mol. The number of alkyl halides is 1. The van der Waals surface area contributed by atoms with Gasteiger partial charge in [0, 0.05) is 30.6 Å². The predicted molar refractivity (Wildman–Crippen MR) is 134 cm³/mol. The van der Waals surface area contributed by atoms with E-state index in [1.165, 1.54) is 32.1 Å². The minimum Gasteiger partial charge on any atom is -0.290 e. The summed E-state index contributed by atoms with van der Waals surface area (Å²) in [6.45, 7) is 12.4. The number of carbonyl (C=O) groups excluding carboxylic acids is 1. The highest BCUT2D eigenvalue weighted by molar-refractivity contribution is 6.24. The summed E-state index contributed by atoms with van der Waals surface area (Å²) in [7, 11) is 2.20. The van der Waals surface area contributed by atoms with Crippen molar-refractivity contribution in [3.05, 3.63) is 0 Å². The molecule has 6 atom stereocenters. The van der Waals surface area contributed by atoms with E-state index in [1.807, 2.05) is 0 Å². The first-order chi connectivity index (χ1) is 15.1. The van der Waals surface area contributed by atoms with E-state index < -0.39 is 0 Å². The average Bonchev–Trinajstić information content (AvgIpc) is 3.09. The number of carbonyl (C=O) groups is 1. The van der Waals surface area contributed by atoms with Gasteiger partial charge < -0.3 is 0 Å². The predicted octanol–water partition coefficient (Wildman–Crippen LogP) is 5.49. The summed E-state index contributed by atoms with van der Waals surface area (Å²) in [6.07, 6.45) is 12.7. The van der Waals surface area contributed by atoms with Crippen molar-refractivity contribution in [1.29, 1.82) is 0 Å². The van der Waals surface area contributed by atoms with Gasteiger partial charge in [0.25, 0.3) is 5.91 Å². The summed E-state index contributed by atoms with van der Waals surface area (Å²) in [5.74, 6) is 1.67. The summed E-state index contributed by atoms with van der Waals surface area (Å²) >= 11 is 6.77. The second kappa shape index (κ2) is 10.9. The Balaban J connectivity index is 1.65. The highest BCUT2D eigenvalue weighted by Gasteiger charge is 2.46. The molecule has 0 radical (unpaired) electrons. The number of halogens is 1. The minimum atomic E-state index is -0.117. The minimum absolute atomic E-state index is 0.103. The van der Waals surface area contributed by atoms with Crippen molar-refractivity contribution < 1.29 is 4.79 Å². The lowest BCUT2D eigenvalue weighted by molar-refractivity contribution is -0.132. The van der Waals surface area contributed by atoms with Crippen molar-refractivity contribution in [2.24, 2.45) is 17.3 Å². The highest BCUT2D eigenvalue weighted by Crippen LogP contribution is 2.39. The highest BCUT2D eigenvalue weighted by atomic mass is 35.5. The number of amides is 1.